The quantitative estimate of drug-likeness (QED) is 0.680. The van der Waals surface area contributed by atoms with Crippen molar-refractivity contribution < 1.29 is 0 Å². The minimum Gasteiger partial charge on any atom is -0.309 e. The summed E-state index contributed by atoms with van der Waals surface area (Å²) >= 11 is 11.4. The van der Waals surface area contributed by atoms with Crippen LogP contribution in [0.1, 0.15) is 35.4 Å². The minimum absolute atomic E-state index is 0.324. The molecule has 108 valence electrons. The van der Waals surface area contributed by atoms with Gasteiger partial charge in [0.1, 0.15) is 0 Å². The summed E-state index contributed by atoms with van der Waals surface area (Å²) in [5.74, 6) is 0. The third-order valence-electron chi connectivity index (χ3n) is 3.33. The summed E-state index contributed by atoms with van der Waals surface area (Å²) in [7, 11) is 0. The largest absolute Gasteiger partial charge is 0.309 e. The molecule has 0 amide bonds. The number of halogens is 2. The van der Waals surface area contributed by atoms with Gasteiger partial charge in [-0.15, -0.1) is 11.3 Å². The van der Waals surface area contributed by atoms with Crippen LogP contribution in [0.15, 0.2) is 34.1 Å². The van der Waals surface area contributed by atoms with Gasteiger partial charge >= 0.3 is 0 Å². The lowest BCUT2D eigenvalue weighted by molar-refractivity contribution is 0.536. The van der Waals surface area contributed by atoms with Crippen molar-refractivity contribution in [2.45, 2.75) is 32.7 Å². The number of hydrogen-bond acceptors (Lipinski definition) is 2. The maximum atomic E-state index is 6.18. The standard InChI is InChI=1S/C16H19BrClNS/c1-3-8-19-14(15-10-13(18)16(17)20-15)9-12-7-5-4-6-11(12)2/h4-7,10,14,19H,3,8-9H2,1-2H3. The van der Waals surface area contributed by atoms with Crippen LogP contribution < -0.4 is 5.32 Å². The number of aryl methyl sites for hydroxylation is 1. The van der Waals surface area contributed by atoms with Crippen LogP contribution in [-0.2, 0) is 6.42 Å². The van der Waals surface area contributed by atoms with Gasteiger partial charge in [0.25, 0.3) is 0 Å². The first-order chi connectivity index (χ1) is 9.61. The van der Waals surface area contributed by atoms with Crippen molar-refractivity contribution in [1.82, 2.24) is 5.32 Å². The number of nitrogens with one attached hydrogen (secondary N) is 1. The van der Waals surface area contributed by atoms with Gasteiger partial charge in [0.15, 0.2) is 0 Å². The Bertz CT molecular complexity index is 548. The molecule has 0 fully saturated rings. The monoisotopic (exact) mass is 371 g/mol. The van der Waals surface area contributed by atoms with Crippen molar-refractivity contribution in [3.8, 4) is 0 Å². The zero-order valence-corrected chi connectivity index (χ0v) is 14.9. The molecule has 1 nitrogen and oxygen atoms in total. The van der Waals surface area contributed by atoms with Crippen molar-refractivity contribution in [3.63, 3.8) is 0 Å². The Morgan fingerprint density at radius 2 is 2.10 bits per heavy atom. The molecule has 0 bridgehead atoms. The molecule has 1 heterocycles. The first-order valence-corrected chi connectivity index (χ1v) is 8.83. The van der Waals surface area contributed by atoms with E-state index in [4.69, 9.17) is 11.6 Å². The predicted octanol–water partition coefficient (Wildman–Crippen LogP) is 5.76. The second-order valence-electron chi connectivity index (χ2n) is 4.91. The topological polar surface area (TPSA) is 12.0 Å². The number of thiophene rings is 1. The molecule has 0 radical (unpaired) electrons. The fourth-order valence-corrected chi connectivity index (χ4v) is 4.01. The summed E-state index contributed by atoms with van der Waals surface area (Å²) in [6.45, 7) is 5.38. The fourth-order valence-electron chi connectivity index (χ4n) is 2.19. The lowest BCUT2D eigenvalue weighted by Gasteiger charge is -2.18. The molecular formula is C16H19BrClNS. The smallest absolute Gasteiger partial charge is 0.0887 e. The van der Waals surface area contributed by atoms with Gasteiger partial charge in [0.05, 0.1) is 8.81 Å². The molecule has 1 N–H and O–H groups in total. The van der Waals surface area contributed by atoms with E-state index in [1.165, 1.54) is 16.0 Å². The molecule has 2 rings (SSSR count). The number of rotatable bonds is 6. The van der Waals surface area contributed by atoms with Crippen LogP contribution in [0.25, 0.3) is 0 Å². The average Bonchev–Trinajstić information content (AvgIpc) is 2.76. The molecule has 1 unspecified atom stereocenters. The predicted molar refractivity (Wildman–Crippen MR) is 92.9 cm³/mol. The molecule has 0 aliphatic carbocycles. The Balaban J connectivity index is 2.21. The lowest BCUT2D eigenvalue weighted by Crippen LogP contribution is -2.23. The summed E-state index contributed by atoms with van der Waals surface area (Å²) in [5.41, 5.74) is 2.74. The van der Waals surface area contributed by atoms with Gasteiger partial charge in [0.2, 0.25) is 0 Å². The van der Waals surface area contributed by atoms with E-state index in [0.717, 1.165) is 28.2 Å². The molecule has 0 aliphatic heterocycles. The highest BCUT2D eigenvalue weighted by Gasteiger charge is 2.16. The average molecular weight is 373 g/mol. The second-order valence-corrected chi connectivity index (χ2v) is 7.72. The van der Waals surface area contributed by atoms with Crippen LogP contribution in [-0.4, -0.2) is 6.54 Å². The van der Waals surface area contributed by atoms with Gasteiger partial charge < -0.3 is 5.32 Å². The summed E-state index contributed by atoms with van der Waals surface area (Å²) < 4.78 is 1.02. The van der Waals surface area contributed by atoms with Gasteiger partial charge in [-0.05, 0) is 59.4 Å². The van der Waals surface area contributed by atoms with Crippen molar-refractivity contribution >= 4 is 38.9 Å². The van der Waals surface area contributed by atoms with E-state index in [1.807, 2.05) is 0 Å². The van der Waals surface area contributed by atoms with E-state index >= 15 is 0 Å². The van der Waals surface area contributed by atoms with Gasteiger partial charge in [0, 0.05) is 10.9 Å². The molecule has 2 aromatic rings. The van der Waals surface area contributed by atoms with E-state index in [2.05, 4.69) is 65.4 Å². The molecular weight excluding hydrogens is 354 g/mol. The van der Waals surface area contributed by atoms with Gasteiger partial charge in [-0.2, -0.15) is 0 Å². The Kier molecular flexibility index (Phi) is 6.09. The normalized spacial score (nSPS) is 12.6. The summed E-state index contributed by atoms with van der Waals surface area (Å²) in [6.07, 6.45) is 2.13. The second kappa shape index (κ2) is 7.60. The van der Waals surface area contributed by atoms with E-state index in [1.54, 1.807) is 11.3 Å². The Morgan fingerprint density at radius 3 is 2.70 bits per heavy atom. The zero-order valence-electron chi connectivity index (χ0n) is 11.7. The van der Waals surface area contributed by atoms with Crippen LogP contribution in [0.4, 0.5) is 0 Å². The zero-order chi connectivity index (χ0) is 14.5. The third-order valence-corrected chi connectivity index (χ3v) is 5.92. The highest BCUT2D eigenvalue weighted by molar-refractivity contribution is 9.11. The van der Waals surface area contributed by atoms with E-state index in [0.29, 0.717) is 6.04 Å². The maximum absolute atomic E-state index is 6.18. The third kappa shape index (κ3) is 4.08. The van der Waals surface area contributed by atoms with Gasteiger partial charge in [-0.25, -0.2) is 0 Å². The molecule has 1 atom stereocenters. The molecule has 1 aromatic heterocycles. The Hall–Kier alpha value is -0.350. The molecule has 0 saturated carbocycles. The molecule has 4 heteroatoms. The fraction of sp³-hybridized carbons (Fsp3) is 0.375. The molecule has 1 aromatic carbocycles. The van der Waals surface area contributed by atoms with Crippen LogP contribution in [0.3, 0.4) is 0 Å². The molecule has 0 spiro atoms. The van der Waals surface area contributed by atoms with Crippen molar-refractivity contribution in [1.29, 1.82) is 0 Å². The number of benzene rings is 1. The van der Waals surface area contributed by atoms with Crippen molar-refractivity contribution in [2.75, 3.05) is 6.54 Å². The summed E-state index contributed by atoms with van der Waals surface area (Å²) in [6, 6.07) is 11.0. The van der Waals surface area contributed by atoms with Gasteiger partial charge in [-0.3, -0.25) is 0 Å². The first-order valence-electron chi connectivity index (χ1n) is 6.84. The SMILES string of the molecule is CCCNC(Cc1ccccc1C)c1cc(Cl)c(Br)s1. The van der Waals surface area contributed by atoms with Crippen LogP contribution >= 0.6 is 38.9 Å². The minimum atomic E-state index is 0.324. The highest BCUT2D eigenvalue weighted by Crippen LogP contribution is 2.36. The van der Waals surface area contributed by atoms with Crippen molar-refractivity contribution in [3.05, 3.63) is 55.1 Å². The van der Waals surface area contributed by atoms with Crippen molar-refractivity contribution in [2.24, 2.45) is 0 Å². The Labute approximate surface area is 138 Å². The van der Waals surface area contributed by atoms with Crippen LogP contribution in [0, 0.1) is 6.92 Å². The molecule has 0 saturated heterocycles. The number of hydrogen-bond donors (Lipinski definition) is 1. The summed E-state index contributed by atoms with van der Waals surface area (Å²) in [4.78, 5) is 1.29. The van der Waals surface area contributed by atoms with Crippen LogP contribution in [0.2, 0.25) is 5.02 Å². The van der Waals surface area contributed by atoms with Gasteiger partial charge in [-0.1, -0.05) is 42.8 Å². The summed E-state index contributed by atoms with van der Waals surface area (Å²) in [5, 5.41) is 4.44. The van der Waals surface area contributed by atoms with E-state index < -0.39 is 0 Å². The van der Waals surface area contributed by atoms with E-state index in [-0.39, 0.29) is 0 Å². The maximum Gasteiger partial charge on any atom is 0.0887 e. The lowest BCUT2D eigenvalue weighted by atomic mass is 10.00. The first kappa shape index (κ1) is 16.0. The highest BCUT2D eigenvalue weighted by atomic mass is 79.9. The van der Waals surface area contributed by atoms with E-state index in [9.17, 15) is 0 Å². The Morgan fingerprint density at radius 1 is 1.35 bits per heavy atom. The molecule has 0 aliphatic rings. The molecule has 20 heavy (non-hydrogen) atoms. The van der Waals surface area contributed by atoms with Crippen LogP contribution in [0.5, 0.6) is 0 Å².